The molecule has 2 rings (SSSR count). The summed E-state index contributed by atoms with van der Waals surface area (Å²) < 4.78 is 12.4. The molecule has 0 saturated carbocycles. The molecule has 1 aromatic heterocycles. The minimum absolute atomic E-state index is 0.0275. The molecule has 0 aliphatic rings. The zero-order valence-corrected chi connectivity index (χ0v) is 12.2. The van der Waals surface area contributed by atoms with E-state index < -0.39 is 0 Å². The smallest absolute Gasteiger partial charge is 0.176 e. The van der Waals surface area contributed by atoms with Crippen molar-refractivity contribution in [1.82, 2.24) is 14.8 Å². The van der Waals surface area contributed by atoms with Crippen LogP contribution in [0.5, 0.6) is 0 Å². The van der Waals surface area contributed by atoms with Crippen LogP contribution in [-0.2, 0) is 16.5 Å². The number of ether oxygens (including phenoxy) is 2. The third-order valence-electron chi connectivity index (χ3n) is 3.10. The van der Waals surface area contributed by atoms with Crippen molar-refractivity contribution in [2.75, 3.05) is 19.5 Å². The predicted molar refractivity (Wildman–Crippen MR) is 77.3 cm³/mol. The Balaban J connectivity index is 2.16. The number of hydrogen-bond acceptors (Lipinski definition) is 5. The largest absolute Gasteiger partial charge is 0.377 e. The molecule has 6 heteroatoms. The van der Waals surface area contributed by atoms with Gasteiger partial charge in [-0.05, 0) is 19.1 Å². The number of aryl methyl sites for hydroxylation is 1. The maximum absolute atomic E-state index is 5.24. The molecule has 108 valence electrons. The lowest BCUT2D eigenvalue weighted by Gasteiger charge is -2.23. The first kappa shape index (κ1) is 14.5. The standard InChI is InChI=1S/C14H20N4O2/c1-10(14(19-3)20-4)16-12-7-5-6-11(8-12)13-17-15-9-18(13)2/h5-10,14,16H,1-4H3. The number of nitrogens with one attached hydrogen (secondary N) is 1. The van der Waals surface area contributed by atoms with Crippen molar-refractivity contribution in [3.8, 4) is 11.4 Å². The molecule has 1 heterocycles. The highest BCUT2D eigenvalue weighted by atomic mass is 16.7. The Morgan fingerprint density at radius 3 is 2.60 bits per heavy atom. The van der Waals surface area contributed by atoms with Crippen LogP contribution in [0.3, 0.4) is 0 Å². The molecule has 1 atom stereocenters. The van der Waals surface area contributed by atoms with Gasteiger partial charge >= 0.3 is 0 Å². The lowest BCUT2D eigenvalue weighted by atomic mass is 10.1. The van der Waals surface area contributed by atoms with Gasteiger partial charge in [0.15, 0.2) is 12.1 Å². The Labute approximate surface area is 118 Å². The maximum Gasteiger partial charge on any atom is 0.176 e. The van der Waals surface area contributed by atoms with Gasteiger partial charge in [-0.25, -0.2) is 0 Å². The number of nitrogens with zero attached hydrogens (tertiary/aromatic N) is 3. The molecule has 0 saturated heterocycles. The molecule has 0 amide bonds. The third-order valence-corrected chi connectivity index (χ3v) is 3.10. The van der Waals surface area contributed by atoms with Crippen LogP contribution in [0, 0.1) is 0 Å². The van der Waals surface area contributed by atoms with E-state index in [1.165, 1.54) is 0 Å². The first-order valence-electron chi connectivity index (χ1n) is 6.42. The van der Waals surface area contributed by atoms with E-state index in [4.69, 9.17) is 9.47 Å². The zero-order chi connectivity index (χ0) is 14.5. The predicted octanol–water partition coefficient (Wildman–Crippen LogP) is 1.90. The molecule has 0 radical (unpaired) electrons. The summed E-state index contributed by atoms with van der Waals surface area (Å²) in [4.78, 5) is 0. The van der Waals surface area contributed by atoms with Gasteiger partial charge in [0.25, 0.3) is 0 Å². The minimum atomic E-state index is -0.298. The second kappa shape index (κ2) is 6.49. The van der Waals surface area contributed by atoms with Crippen LogP contribution in [0.25, 0.3) is 11.4 Å². The van der Waals surface area contributed by atoms with Crippen LogP contribution in [-0.4, -0.2) is 41.3 Å². The highest BCUT2D eigenvalue weighted by molar-refractivity contribution is 5.62. The van der Waals surface area contributed by atoms with Crippen LogP contribution in [0.4, 0.5) is 5.69 Å². The molecule has 6 nitrogen and oxygen atoms in total. The number of methoxy groups -OCH3 is 2. The lowest BCUT2D eigenvalue weighted by molar-refractivity contribution is -0.109. The van der Waals surface area contributed by atoms with Crippen LogP contribution in [0.15, 0.2) is 30.6 Å². The van der Waals surface area contributed by atoms with Gasteiger partial charge in [0.1, 0.15) is 6.33 Å². The summed E-state index contributed by atoms with van der Waals surface area (Å²) in [6, 6.07) is 8.04. The average Bonchev–Trinajstić information content (AvgIpc) is 2.86. The monoisotopic (exact) mass is 276 g/mol. The van der Waals surface area contributed by atoms with Gasteiger partial charge in [0.2, 0.25) is 0 Å². The van der Waals surface area contributed by atoms with E-state index in [0.717, 1.165) is 17.1 Å². The summed E-state index contributed by atoms with van der Waals surface area (Å²) in [7, 11) is 5.18. The molecule has 1 aromatic carbocycles. The third kappa shape index (κ3) is 3.15. The molecule has 0 bridgehead atoms. The Hall–Kier alpha value is -1.92. The van der Waals surface area contributed by atoms with Crippen molar-refractivity contribution >= 4 is 5.69 Å². The molecule has 20 heavy (non-hydrogen) atoms. The zero-order valence-electron chi connectivity index (χ0n) is 12.2. The first-order valence-corrected chi connectivity index (χ1v) is 6.42. The second-order valence-corrected chi connectivity index (χ2v) is 4.62. The Kier molecular flexibility index (Phi) is 4.70. The fourth-order valence-corrected chi connectivity index (χ4v) is 2.13. The first-order chi connectivity index (χ1) is 9.65. The lowest BCUT2D eigenvalue weighted by Crippen LogP contribution is -2.33. The van der Waals surface area contributed by atoms with Crippen molar-refractivity contribution in [3.63, 3.8) is 0 Å². The second-order valence-electron chi connectivity index (χ2n) is 4.62. The van der Waals surface area contributed by atoms with Gasteiger partial charge in [-0.15, -0.1) is 10.2 Å². The SMILES string of the molecule is COC(OC)C(C)Nc1cccc(-c2nncn2C)c1. The summed E-state index contributed by atoms with van der Waals surface area (Å²) in [6.07, 6.45) is 1.39. The van der Waals surface area contributed by atoms with Crippen molar-refractivity contribution in [2.24, 2.45) is 7.05 Å². The molecular weight excluding hydrogens is 256 g/mol. The van der Waals surface area contributed by atoms with E-state index in [0.29, 0.717) is 0 Å². The van der Waals surface area contributed by atoms with E-state index in [1.54, 1.807) is 20.5 Å². The molecule has 2 aromatic rings. The van der Waals surface area contributed by atoms with Crippen LogP contribution >= 0.6 is 0 Å². The van der Waals surface area contributed by atoms with Crippen LogP contribution in [0.2, 0.25) is 0 Å². The molecule has 0 fully saturated rings. The fourth-order valence-electron chi connectivity index (χ4n) is 2.13. The minimum Gasteiger partial charge on any atom is -0.377 e. The highest BCUT2D eigenvalue weighted by Crippen LogP contribution is 2.21. The van der Waals surface area contributed by atoms with Crippen molar-refractivity contribution in [2.45, 2.75) is 19.3 Å². The van der Waals surface area contributed by atoms with E-state index in [9.17, 15) is 0 Å². The normalized spacial score (nSPS) is 12.7. The Bertz CT molecular complexity index is 552. The Morgan fingerprint density at radius 1 is 1.25 bits per heavy atom. The summed E-state index contributed by atoms with van der Waals surface area (Å²) >= 11 is 0. The number of benzene rings is 1. The van der Waals surface area contributed by atoms with Gasteiger partial charge in [-0.3, -0.25) is 0 Å². The number of aromatic nitrogens is 3. The van der Waals surface area contributed by atoms with E-state index in [2.05, 4.69) is 15.5 Å². The molecule has 1 N–H and O–H groups in total. The Morgan fingerprint density at radius 2 is 2.00 bits per heavy atom. The quantitative estimate of drug-likeness (QED) is 0.817. The number of rotatable bonds is 6. The molecule has 0 aliphatic heterocycles. The average molecular weight is 276 g/mol. The van der Waals surface area contributed by atoms with E-state index in [1.807, 2.05) is 42.8 Å². The molecule has 1 unspecified atom stereocenters. The van der Waals surface area contributed by atoms with Gasteiger partial charge < -0.3 is 19.4 Å². The topological polar surface area (TPSA) is 61.2 Å². The van der Waals surface area contributed by atoms with Gasteiger partial charge in [-0.2, -0.15) is 0 Å². The molecule has 0 spiro atoms. The van der Waals surface area contributed by atoms with E-state index in [-0.39, 0.29) is 12.3 Å². The van der Waals surface area contributed by atoms with Crippen LogP contribution < -0.4 is 5.32 Å². The van der Waals surface area contributed by atoms with Crippen molar-refractivity contribution < 1.29 is 9.47 Å². The van der Waals surface area contributed by atoms with E-state index >= 15 is 0 Å². The number of hydrogen-bond donors (Lipinski definition) is 1. The maximum atomic E-state index is 5.24. The van der Waals surface area contributed by atoms with Gasteiger partial charge in [-0.1, -0.05) is 12.1 Å². The van der Waals surface area contributed by atoms with Gasteiger partial charge in [0, 0.05) is 32.5 Å². The summed E-state index contributed by atoms with van der Waals surface area (Å²) in [5, 5.41) is 11.4. The van der Waals surface area contributed by atoms with Crippen molar-refractivity contribution in [3.05, 3.63) is 30.6 Å². The summed E-state index contributed by atoms with van der Waals surface area (Å²) in [6.45, 7) is 2.01. The highest BCUT2D eigenvalue weighted by Gasteiger charge is 2.15. The fraction of sp³-hybridized carbons (Fsp3) is 0.429. The molecular formula is C14H20N4O2. The summed E-state index contributed by atoms with van der Waals surface area (Å²) in [5.74, 6) is 0.830. The summed E-state index contributed by atoms with van der Waals surface area (Å²) in [5.41, 5.74) is 1.99. The molecule has 0 aliphatic carbocycles. The van der Waals surface area contributed by atoms with Crippen LogP contribution in [0.1, 0.15) is 6.92 Å². The number of anilines is 1. The van der Waals surface area contributed by atoms with Crippen molar-refractivity contribution in [1.29, 1.82) is 0 Å². The van der Waals surface area contributed by atoms with Gasteiger partial charge in [0.05, 0.1) is 6.04 Å².